The molecular formula is C44H48N8O6. The second kappa shape index (κ2) is 15.8. The molecule has 4 heterocycles. The molecule has 4 N–H and O–H groups in total. The van der Waals surface area contributed by atoms with E-state index in [0.717, 1.165) is 92.4 Å². The minimum absolute atomic E-state index is 0.107. The van der Waals surface area contributed by atoms with E-state index in [9.17, 15) is 19.2 Å². The van der Waals surface area contributed by atoms with Crippen LogP contribution in [-0.4, -0.2) is 93.1 Å². The lowest BCUT2D eigenvalue weighted by Gasteiger charge is -2.29. The number of methoxy groups -OCH3 is 2. The van der Waals surface area contributed by atoms with Crippen molar-refractivity contribution in [3.63, 3.8) is 0 Å². The van der Waals surface area contributed by atoms with Gasteiger partial charge in [0.2, 0.25) is 11.8 Å². The molecule has 4 atom stereocenters. The fourth-order valence-corrected chi connectivity index (χ4v) is 8.39. The third-order valence-corrected chi connectivity index (χ3v) is 11.5. The maximum absolute atomic E-state index is 13.6. The molecule has 4 aromatic carbocycles. The van der Waals surface area contributed by atoms with Gasteiger partial charge >= 0.3 is 12.2 Å². The summed E-state index contributed by atoms with van der Waals surface area (Å²) in [6.07, 6.45) is 2.00. The third kappa shape index (κ3) is 7.41. The van der Waals surface area contributed by atoms with Crippen molar-refractivity contribution in [1.82, 2.24) is 40.4 Å². The minimum Gasteiger partial charge on any atom is -0.453 e. The Balaban J connectivity index is 0.992. The summed E-state index contributed by atoms with van der Waals surface area (Å²) in [5.41, 5.74) is 7.69. The lowest BCUT2D eigenvalue weighted by molar-refractivity contribution is -0.135. The van der Waals surface area contributed by atoms with Crippen molar-refractivity contribution in [3.05, 3.63) is 84.4 Å². The highest BCUT2D eigenvalue weighted by atomic mass is 16.5. The van der Waals surface area contributed by atoms with Crippen molar-refractivity contribution in [3.8, 4) is 22.3 Å². The molecule has 4 amide bonds. The Bertz CT molecular complexity index is 2540. The van der Waals surface area contributed by atoms with E-state index in [1.165, 1.54) is 14.2 Å². The first-order valence-corrected chi connectivity index (χ1v) is 19.8. The van der Waals surface area contributed by atoms with Crippen LogP contribution in [0.3, 0.4) is 0 Å². The van der Waals surface area contributed by atoms with Gasteiger partial charge in [-0.05, 0) is 108 Å². The number of nitrogens with zero attached hydrogens (tertiary/aromatic N) is 4. The molecule has 0 bridgehead atoms. The number of nitrogens with one attached hydrogen (secondary N) is 4. The average molecular weight is 785 g/mol. The van der Waals surface area contributed by atoms with Crippen molar-refractivity contribution in [2.24, 2.45) is 5.92 Å². The first-order chi connectivity index (χ1) is 28.0. The molecule has 2 aliphatic heterocycles. The van der Waals surface area contributed by atoms with Gasteiger partial charge in [0.1, 0.15) is 23.7 Å². The number of carbonyl (C=O) groups excluding carboxylic acids is 4. The minimum atomic E-state index is -0.710. The summed E-state index contributed by atoms with van der Waals surface area (Å²) < 4.78 is 9.45. The lowest BCUT2D eigenvalue weighted by Crippen LogP contribution is -2.51. The monoisotopic (exact) mass is 784 g/mol. The van der Waals surface area contributed by atoms with Gasteiger partial charge in [-0.2, -0.15) is 0 Å². The van der Waals surface area contributed by atoms with E-state index in [0.29, 0.717) is 13.1 Å². The number of hydrogen-bond acceptors (Lipinski definition) is 8. The van der Waals surface area contributed by atoms with Crippen LogP contribution in [0.1, 0.15) is 70.2 Å². The molecule has 0 saturated carbocycles. The summed E-state index contributed by atoms with van der Waals surface area (Å²) in [6, 6.07) is 23.5. The van der Waals surface area contributed by atoms with Crippen LogP contribution in [0.4, 0.5) is 9.59 Å². The number of carbonyl (C=O) groups is 4. The molecule has 14 nitrogen and oxygen atoms in total. The number of alkyl carbamates (subject to hydrolysis) is 2. The average Bonchev–Trinajstić information content (AvgIpc) is 4.06. The molecule has 0 spiro atoms. The van der Waals surface area contributed by atoms with Crippen LogP contribution in [0, 0.1) is 5.92 Å². The highest BCUT2D eigenvalue weighted by molar-refractivity contribution is 5.93. The molecule has 6 aromatic rings. The van der Waals surface area contributed by atoms with Crippen LogP contribution in [-0.2, 0) is 19.1 Å². The molecule has 0 radical (unpaired) electrons. The number of aromatic amines is 2. The molecule has 2 fully saturated rings. The molecule has 8 rings (SSSR count). The molecule has 300 valence electrons. The van der Waals surface area contributed by atoms with Crippen molar-refractivity contribution >= 4 is 56.8 Å². The molecule has 58 heavy (non-hydrogen) atoms. The zero-order valence-corrected chi connectivity index (χ0v) is 33.3. The van der Waals surface area contributed by atoms with Gasteiger partial charge in [0, 0.05) is 13.1 Å². The maximum Gasteiger partial charge on any atom is 0.407 e. The van der Waals surface area contributed by atoms with Crippen LogP contribution in [0.2, 0.25) is 0 Å². The molecule has 2 saturated heterocycles. The van der Waals surface area contributed by atoms with Gasteiger partial charge in [0.05, 0.1) is 48.4 Å². The number of aromatic nitrogens is 4. The van der Waals surface area contributed by atoms with Crippen molar-refractivity contribution in [2.45, 2.75) is 70.6 Å². The van der Waals surface area contributed by atoms with Crippen LogP contribution in [0.5, 0.6) is 0 Å². The van der Waals surface area contributed by atoms with Crippen molar-refractivity contribution in [1.29, 1.82) is 0 Å². The number of hydrogen-bond donors (Lipinski definition) is 4. The fourth-order valence-electron chi connectivity index (χ4n) is 8.39. The second-order valence-corrected chi connectivity index (χ2v) is 15.6. The third-order valence-electron chi connectivity index (χ3n) is 11.5. The molecule has 0 aliphatic carbocycles. The largest absolute Gasteiger partial charge is 0.453 e. The van der Waals surface area contributed by atoms with Gasteiger partial charge in [-0.15, -0.1) is 0 Å². The second-order valence-electron chi connectivity index (χ2n) is 15.6. The zero-order valence-electron chi connectivity index (χ0n) is 33.3. The molecule has 0 unspecified atom stereocenters. The van der Waals surface area contributed by atoms with E-state index in [4.69, 9.17) is 14.7 Å². The standard InChI is InChI=1S/C44H48N8O6/c1-24(2)38(50-44(56)58-5)42(54)52-19-7-9-37(52)40-47-33-17-15-31(23-35(33)49-40)29-13-11-26-20-28(12-10-27(26)21-29)30-14-16-32-34(22-30)48-39(46-32)36-8-6-18-51(36)41(53)25(3)45-43(55)57-4/h10-17,20-25,36-38H,6-9,18-19H2,1-5H3,(H,45,55)(H,46,48)(H,47,49)(H,50,56)/t25-,36-,37-,38-/m0/s1. The van der Waals surface area contributed by atoms with E-state index >= 15 is 0 Å². The molecule has 14 heteroatoms. The van der Waals surface area contributed by atoms with Crippen LogP contribution < -0.4 is 10.6 Å². The van der Waals surface area contributed by atoms with Crippen LogP contribution >= 0.6 is 0 Å². The number of amides is 4. The summed E-state index contributed by atoms with van der Waals surface area (Å²) in [6.45, 7) is 6.67. The smallest absolute Gasteiger partial charge is 0.407 e. The van der Waals surface area contributed by atoms with Crippen LogP contribution in [0.25, 0.3) is 55.1 Å². The summed E-state index contributed by atoms with van der Waals surface area (Å²) in [7, 11) is 2.57. The van der Waals surface area contributed by atoms with Crippen molar-refractivity contribution in [2.75, 3.05) is 27.3 Å². The summed E-state index contributed by atoms with van der Waals surface area (Å²) in [4.78, 5) is 70.9. The Hall–Kier alpha value is -6.44. The Morgan fingerprint density at radius 3 is 1.57 bits per heavy atom. The SMILES string of the molecule is COC(=O)N[C@@H](C)C(=O)N1CCC[C@H]1c1nc2ccc(-c3ccc4cc(-c5ccc6nc([C@@H]7CCCN7C(=O)[C@@H](NC(=O)OC)C(C)C)[nH]c6c5)ccc4c3)cc2[nH]1. The topological polar surface area (TPSA) is 175 Å². The molecule has 2 aromatic heterocycles. The number of rotatable bonds is 9. The highest BCUT2D eigenvalue weighted by Gasteiger charge is 2.38. The summed E-state index contributed by atoms with van der Waals surface area (Å²) in [5, 5.41) is 7.51. The van der Waals surface area contributed by atoms with Crippen LogP contribution in [0.15, 0.2) is 72.8 Å². The van der Waals surface area contributed by atoms with Crippen molar-refractivity contribution < 1.29 is 28.7 Å². The Morgan fingerprint density at radius 1 is 0.638 bits per heavy atom. The van der Waals surface area contributed by atoms with E-state index in [-0.39, 0.29) is 29.8 Å². The summed E-state index contributed by atoms with van der Waals surface area (Å²) in [5.74, 6) is 1.06. The number of fused-ring (bicyclic) bond motifs is 3. The normalized spacial score (nSPS) is 17.9. The number of H-pyrrole nitrogens is 2. The zero-order chi connectivity index (χ0) is 40.7. The predicted octanol–water partition coefficient (Wildman–Crippen LogP) is 7.38. The first kappa shape index (κ1) is 38.4. The predicted molar refractivity (Wildman–Crippen MR) is 221 cm³/mol. The van der Waals surface area contributed by atoms with Gasteiger partial charge < -0.3 is 39.9 Å². The quantitative estimate of drug-likeness (QED) is 0.118. The fraction of sp³-hybridized carbons (Fsp3) is 0.364. The van der Waals surface area contributed by atoms with Gasteiger partial charge in [-0.3, -0.25) is 9.59 Å². The van der Waals surface area contributed by atoms with Gasteiger partial charge in [-0.1, -0.05) is 50.2 Å². The molecular weight excluding hydrogens is 737 g/mol. The Morgan fingerprint density at radius 2 is 1.09 bits per heavy atom. The lowest BCUT2D eigenvalue weighted by atomic mass is 9.97. The number of imidazole rings is 2. The van der Waals surface area contributed by atoms with E-state index in [1.54, 1.807) is 11.8 Å². The van der Waals surface area contributed by atoms with Gasteiger partial charge in [0.25, 0.3) is 0 Å². The Labute approximate surface area is 335 Å². The summed E-state index contributed by atoms with van der Waals surface area (Å²) >= 11 is 0. The maximum atomic E-state index is 13.6. The van der Waals surface area contributed by atoms with E-state index in [1.807, 2.05) is 30.9 Å². The van der Waals surface area contributed by atoms with Gasteiger partial charge in [-0.25, -0.2) is 19.6 Å². The number of ether oxygens (including phenoxy) is 2. The highest BCUT2D eigenvalue weighted by Crippen LogP contribution is 2.36. The number of likely N-dealkylation sites (tertiary alicyclic amines) is 2. The molecule has 2 aliphatic rings. The Kier molecular flexibility index (Phi) is 10.5. The van der Waals surface area contributed by atoms with Gasteiger partial charge in [0.15, 0.2) is 0 Å². The first-order valence-electron chi connectivity index (χ1n) is 19.8. The van der Waals surface area contributed by atoms with E-state index < -0.39 is 24.3 Å². The van der Waals surface area contributed by atoms with E-state index in [2.05, 4.69) is 86.0 Å². The number of benzene rings is 4.